The van der Waals surface area contributed by atoms with Crippen LogP contribution in [0.4, 0.5) is 20.7 Å². The van der Waals surface area contributed by atoms with Gasteiger partial charge in [0, 0.05) is 18.0 Å². The van der Waals surface area contributed by atoms with Gasteiger partial charge < -0.3 is 15.5 Å². The second-order valence-corrected chi connectivity index (χ2v) is 9.46. The molecule has 7 nitrogen and oxygen atoms in total. The summed E-state index contributed by atoms with van der Waals surface area (Å²) in [5.74, 6) is -0.390. The van der Waals surface area contributed by atoms with Crippen LogP contribution in [0.25, 0.3) is 5.69 Å². The van der Waals surface area contributed by atoms with E-state index in [0.29, 0.717) is 21.6 Å². The Hall–Kier alpha value is -3.10. The van der Waals surface area contributed by atoms with Crippen molar-refractivity contribution in [1.29, 1.82) is 0 Å². The molecule has 180 valence electrons. The van der Waals surface area contributed by atoms with Crippen molar-refractivity contribution in [3.05, 3.63) is 70.1 Å². The maximum atomic E-state index is 13.4. The Kier molecular flexibility index (Phi) is 7.84. The maximum Gasteiger partial charge on any atom is 0.322 e. The molecule has 0 saturated carbocycles. The molecule has 0 saturated heterocycles. The second-order valence-electron chi connectivity index (χ2n) is 8.64. The predicted octanol–water partition coefficient (Wildman–Crippen LogP) is 6.11. The van der Waals surface area contributed by atoms with Gasteiger partial charge in [0.2, 0.25) is 5.91 Å². The van der Waals surface area contributed by atoms with Crippen LogP contribution in [0, 0.1) is 5.82 Å². The summed E-state index contributed by atoms with van der Waals surface area (Å²) in [5, 5.41) is 10.7. The van der Waals surface area contributed by atoms with E-state index in [1.165, 1.54) is 21.7 Å². The molecule has 2 N–H and O–H groups in total. The van der Waals surface area contributed by atoms with Gasteiger partial charge >= 0.3 is 6.03 Å². The summed E-state index contributed by atoms with van der Waals surface area (Å²) < 4.78 is 15.0. The molecule has 1 aromatic heterocycles. The summed E-state index contributed by atoms with van der Waals surface area (Å²) in [7, 11) is 0. The van der Waals surface area contributed by atoms with Crippen molar-refractivity contribution in [3.8, 4) is 5.69 Å². The van der Waals surface area contributed by atoms with E-state index in [2.05, 4.69) is 15.7 Å². The highest BCUT2D eigenvalue weighted by atomic mass is 35.5. The minimum Gasteiger partial charge on any atom is -0.315 e. The van der Waals surface area contributed by atoms with Gasteiger partial charge in [-0.1, -0.05) is 50.0 Å². The van der Waals surface area contributed by atoms with Crippen molar-refractivity contribution in [2.75, 3.05) is 23.7 Å². The summed E-state index contributed by atoms with van der Waals surface area (Å²) >= 11 is 12.3. The molecule has 34 heavy (non-hydrogen) atoms. The first kappa shape index (κ1) is 25.5. The van der Waals surface area contributed by atoms with Crippen molar-refractivity contribution in [1.82, 2.24) is 14.7 Å². The fraction of sp³-hybridized carbons (Fsp3) is 0.292. The number of likely N-dealkylation sites (N-methyl/N-ethyl adjacent to an activating group) is 1. The standard InChI is InChI=1S/C24H26Cl2FN5O2/c1-5-31(23(34)29-22-17(25)7-6-8-18(22)26)14-21(33)28-20-13-19(24(2,3)4)30-32(20)16-11-9-15(27)10-12-16/h6-13H,5,14H2,1-4H3,(H,28,33)(H,29,34). The number of hydrogen-bond donors (Lipinski definition) is 2. The molecule has 3 amide bonds. The number of anilines is 2. The summed E-state index contributed by atoms with van der Waals surface area (Å²) in [6.07, 6.45) is 0. The molecule has 10 heteroatoms. The average molecular weight is 506 g/mol. The lowest BCUT2D eigenvalue weighted by atomic mass is 9.92. The van der Waals surface area contributed by atoms with Crippen molar-refractivity contribution < 1.29 is 14.0 Å². The fourth-order valence-electron chi connectivity index (χ4n) is 3.10. The summed E-state index contributed by atoms with van der Waals surface area (Å²) in [5.41, 5.74) is 1.32. The van der Waals surface area contributed by atoms with E-state index >= 15 is 0 Å². The number of benzene rings is 2. The van der Waals surface area contributed by atoms with Crippen LogP contribution in [0.15, 0.2) is 48.5 Å². The van der Waals surface area contributed by atoms with Gasteiger partial charge in [0.25, 0.3) is 0 Å². The highest BCUT2D eigenvalue weighted by molar-refractivity contribution is 6.39. The van der Waals surface area contributed by atoms with Crippen LogP contribution in [-0.4, -0.2) is 39.7 Å². The van der Waals surface area contributed by atoms with Crippen LogP contribution in [0.3, 0.4) is 0 Å². The topological polar surface area (TPSA) is 79.3 Å². The Morgan fingerprint density at radius 2 is 1.68 bits per heavy atom. The first-order valence-electron chi connectivity index (χ1n) is 10.7. The largest absolute Gasteiger partial charge is 0.322 e. The van der Waals surface area contributed by atoms with Crippen molar-refractivity contribution in [3.63, 3.8) is 0 Å². The molecule has 0 spiro atoms. The van der Waals surface area contributed by atoms with Gasteiger partial charge in [0.05, 0.1) is 27.1 Å². The lowest BCUT2D eigenvalue weighted by molar-refractivity contribution is -0.116. The monoisotopic (exact) mass is 505 g/mol. The number of hydrogen-bond acceptors (Lipinski definition) is 3. The van der Waals surface area contributed by atoms with E-state index in [0.717, 1.165) is 5.69 Å². The first-order chi connectivity index (χ1) is 16.0. The van der Waals surface area contributed by atoms with Crippen LogP contribution in [0.5, 0.6) is 0 Å². The number of rotatable bonds is 6. The zero-order valence-corrected chi connectivity index (χ0v) is 20.8. The Bertz CT molecular complexity index is 1170. The predicted molar refractivity (Wildman–Crippen MR) is 134 cm³/mol. The zero-order valence-electron chi connectivity index (χ0n) is 19.3. The van der Waals surface area contributed by atoms with Crippen molar-refractivity contribution in [2.45, 2.75) is 33.1 Å². The van der Waals surface area contributed by atoms with Gasteiger partial charge in [-0.05, 0) is 43.3 Å². The number of amides is 3. The van der Waals surface area contributed by atoms with E-state index in [1.54, 1.807) is 43.3 Å². The van der Waals surface area contributed by atoms with Crippen LogP contribution in [-0.2, 0) is 10.2 Å². The smallest absolute Gasteiger partial charge is 0.315 e. The van der Waals surface area contributed by atoms with Gasteiger partial charge in [-0.25, -0.2) is 13.9 Å². The highest BCUT2D eigenvalue weighted by Crippen LogP contribution is 2.30. The quantitative estimate of drug-likeness (QED) is 0.424. The van der Waals surface area contributed by atoms with Crippen LogP contribution >= 0.6 is 23.2 Å². The summed E-state index contributed by atoms with van der Waals surface area (Å²) in [4.78, 5) is 27.0. The molecule has 0 aliphatic rings. The molecule has 3 rings (SSSR count). The molecule has 2 aromatic carbocycles. The summed E-state index contributed by atoms with van der Waals surface area (Å²) in [6, 6.07) is 11.9. The molecule has 0 aliphatic carbocycles. The second kappa shape index (κ2) is 10.4. The minimum absolute atomic E-state index is 0.218. The normalized spacial score (nSPS) is 11.3. The number of halogens is 3. The number of aromatic nitrogens is 2. The van der Waals surface area contributed by atoms with Gasteiger partial charge in [0.1, 0.15) is 18.2 Å². The van der Waals surface area contributed by atoms with Gasteiger partial charge in [-0.3, -0.25) is 4.79 Å². The molecule has 0 radical (unpaired) electrons. The molecule has 0 aliphatic heterocycles. The third-order valence-electron chi connectivity index (χ3n) is 5.01. The van der Waals surface area contributed by atoms with E-state index in [4.69, 9.17) is 23.2 Å². The Morgan fingerprint density at radius 3 is 2.24 bits per heavy atom. The van der Waals surface area contributed by atoms with Gasteiger partial charge in [-0.2, -0.15) is 5.10 Å². The highest BCUT2D eigenvalue weighted by Gasteiger charge is 2.23. The number of para-hydroxylation sites is 1. The minimum atomic E-state index is -0.518. The van der Waals surface area contributed by atoms with E-state index < -0.39 is 11.9 Å². The van der Waals surface area contributed by atoms with E-state index in [9.17, 15) is 14.0 Å². The number of carbonyl (C=O) groups is 2. The van der Waals surface area contributed by atoms with Crippen LogP contribution in [0.1, 0.15) is 33.4 Å². The number of nitrogens with zero attached hydrogens (tertiary/aromatic N) is 3. The van der Waals surface area contributed by atoms with Crippen molar-refractivity contribution in [2.24, 2.45) is 0 Å². The number of carbonyl (C=O) groups excluding carboxylic acids is 2. The van der Waals surface area contributed by atoms with E-state index in [1.807, 2.05) is 20.8 Å². The van der Waals surface area contributed by atoms with Crippen molar-refractivity contribution >= 4 is 46.6 Å². The number of nitrogens with one attached hydrogen (secondary N) is 2. The third kappa shape index (κ3) is 6.07. The van der Waals surface area contributed by atoms with Gasteiger partial charge in [-0.15, -0.1) is 0 Å². The maximum absolute atomic E-state index is 13.4. The van der Waals surface area contributed by atoms with E-state index in [-0.39, 0.29) is 30.0 Å². The van der Waals surface area contributed by atoms with Gasteiger partial charge in [0.15, 0.2) is 0 Å². The molecule has 1 heterocycles. The Balaban J connectivity index is 1.79. The summed E-state index contributed by atoms with van der Waals surface area (Å²) in [6.45, 7) is 7.80. The molecule has 0 bridgehead atoms. The third-order valence-corrected chi connectivity index (χ3v) is 5.64. The molecule has 0 unspecified atom stereocenters. The number of urea groups is 1. The molecular formula is C24H26Cl2FN5O2. The molecule has 0 atom stereocenters. The molecule has 0 fully saturated rings. The lowest BCUT2D eigenvalue weighted by Crippen LogP contribution is -2.40. The Morgan fingerprint density at radius 1 is 1.06 bits per heavy atom. The molecular weight excluding hydrogens is 480 g/mol. The first-order valence-corrected chi connectivity index (χ1v) is 11.4. The average Bonchev–Trinajstić information content (AvgIpc) is 3.19. The molecule has 3 aromatic rings. The fourth-order valence-corrected chi connectivity index (χ4v) is 3.59. The van der Waals surface area contributed by atoms with Crippen LogP contribution < -0.4 is 10.6 Å². The lowest BCUT2D eigenvalue weighted by Gasteiger charge is -2.21. The Labute approximate surface area is 207 Å². The SMILES string of the molecule is CCN(CC(=O)Nc1cc(C(C)(C)C)nn1-c1ccc(F)cc1)C(=O)Nc1c(Cl)cccc1Cl. The zero-order chi connectivity index (χ0) is 25.0. The van der Waals surface area contributed by atoms with Crippen LogP contribution in [0.2, 0.25) is 10.0 Å².